The van der Waals surface area contributed by atoms with Gasteiger partial charge in [0.1, 0.15) is 12.1 Å². The van der Waals surface area contributed by atoms with Crippen LogP contribution in [0.1, 0.15) is 20.8 Å². The third kappa shape index (κ3) is 1.74. The Labute approximate surface area is 84.9 Å². The summed E-state index contributed by atoms with van der Waals surface area (Å²) in [5, 5.41) is 0. The molecule has 0 bridgehead atoms. The van der Waals surface area contributed by atoms with Crippen LogP contribution in [0.2, 0.25) is 0 Å². The number of hydrogen-bond acceptors (Lipinski definition) is 3. The molecule has 0 aromatic carbocycles. The van der Waals surface area contributed by atoms with Crippen molar-refractivity contribution in [1.29, 1.82) is 0 Å². The molecule has 1 aliphatic rings. The summed E-state index contributed by atoms with van der Waals surface area (Å²) >= 11 is 0. The fourth-order valence-electron chi connectivity index (χ4n) is 1.83. The standard InChI is InChI=1S/C10H18N2O2/c1-6(2)8-9(14-5)11-7(3)10(13)12(8)4/h6-8H,1-5H3/t7-,8-/m0/s1. The summed E-state index contributed by atoms with van der Waals surface area (Å²) < 4.78 is 5.21. The fraction of sp³-hybridized carbons (Fsp3) is 0.800. The normalized spacial score (nSPS) is 28.0. The predicted molar refractivity (Wildman–Crippen MR) is 55.3 cm³/mol. The van der Waals surface area contributed by atoms with Gasteiger partial charge in [0, 0.05) is 7.05 Å². The molecule has 1 amide bonds. The minimum Gasteiger partial charge on any atom is -0.483 e. The third-order valence-electron chi connectivity index (χ3n) is 2.54. The van der Waals surface area contributed by atoms with Crippen LogP contribution in [-0.2, 0) is 9.53 Å². The number of rotatable bonds is 1. The number of methoxy groups -OCH3 is 1. The van der Waals surface area contributed by atoms with Crippen LogP contribution in [0.25, 0.3) is 0 Å². The maximum atomic E-state index is 11.7. The summed E-state index contributed by atoms with van der Waals surface area (Å²) in [5.74, 6) is 1.04. The van der Waals surface area contributed by atoms with E-state index in [9.17, 15) is 4.79 Å². The number of aliphatic imine (C=N–C) groups is 1. The average molecular weight is 198 g/mol. The molecule has 1 aliphatic heterocycles. The summed E-state index contributed by atoms with van der Waals surface area (Å²) in [6.45, 7) is 5.90. The lowest BCUT2D eigenvalue weighted by molar-refractivity contribution is -0.133. The highest BCUT2D eigenvalue weighted by atomic mass is 16.5. The minimum atomic E-state index is -0.315. The zero-order chi connectivity index (χ0) is 10.9. The van der Waals surface area contributed by atoms with Crippen molar-refractivity contribution in [2.24, 2.45) is 10.9 Å². The number of hydrogen-bond donors (Lipinski definition) is 0. The lowest BCUT2D eigenvalue weighted by atomic mass is 10.00. The maximum absolute atomic E-state index is 11.7. The van der Waals surface area contributed by atoms with Gasteiger partial charge >= 0.3 is 0 Å². The molecule has 0 fully saturated rings. The first-order chi connectivity index (χ1) is 6.49. The maximum Gasteiger partial charge on any atom is 0.247 e. The number of ether oxygens (including phenoxy) is 1. The topological polar surface area (TPSA) is 41.9 Å². The van der Waals surface area contributed by atoms with Gasteiger partial charge in [-0.05, 0) is 12.8 Å². The van der Waals surface area contributed by atoms with Crippen molar-refractivity contribution in [3.63, 3.8) is 0 Å². The Kier molecular flexibility index (Phi) is 3.13. The number of nitrogens with zero attached hydrogens (tertiary/aromatic N) is 2. The van der Waals surface area contributed by atoms with Crippen molar-refractivity contribution in [1.82, 2.24) is 4.90 Å². The van der Waals surface area contributed by atoms with Crippen molar-refractivity contribution in [3.05, 3.63) is 0 Å². The monoisotopic (exact) mass is 198 g/mol. The van der Waals surface area contributed by atoms with E-state index in [1.807, 2.05) is 0 Å². The highest BCUT2D eigenvalue weighted by molar-refractivity contribution is 5.95. The zero-order valence-corrected chi connectivity index (χ0v) is 9.44. The molecule has 0 saturated heterocycles. The molecule has 1 heterocycles. The highest BCUT2D eigenvalue weighted by Gasteiger charge is 2.35. The van der Waals surface area contributed by atoms with Crippen molar-refractivity contribution in [3.8, 4) is 0 Å². The minimum absolute atomic E-state index is 0.0244. The largest absolute Gasteiger partial charge is 0.483 e. The van der Waals surface area contributed by atoms with Crippen LogP contribution < -0.4 is 0 Å². The molecule has 4 heteroatoms. The second kappa shape index (κ2) is 3.98. The predicted octanol–water partition coefficient (Wildman–Crippen LogP) is 0.916. The first-order valence-corrected chi connectivity index (χ1v) is 4.87. The molecular weight excluding hydrogens is 180 g/mol. The number of carbonyl (C=O) groups excluding carboxylic acids is 1. The number of amides is 1. The Morgan fingerprint density at radius 1 is 1.50 bits per heavy atom. The molecule has 0 aliphatic carbocycles. The molecule has 80 valence electrons. The fourth-order valence-corrected chi connectivity index (χ4v) is 1.83. The van der Waals surface area contributed by atoms with E-state index in [1.54, 1.807) is 26.0 Å². The van der Waals surface area contributed by atoms with Crippen molar-refractivity contribution in [2.45, 2.75) is 32.9 Å². The molecule has 14 heavy (non-hydrogen) atoms. The molecule has 0 spiro atoms. The van der Waals surface area contributed by atoms with E-state index in [4.69, 9.17) is 4.74 Å². The second-order valence-corrected chi connectivity index (χ2v) is 3.99. The molecule has 2 atom stereocenters. The molecule has 0 aromatic rings. The van der Waals surface area contributed by atoms with Gasteiger partial charge in [-0.15, -0.1) is 0 Å². The third-order valence-corrected chi connectivity index (χ3v) is 2.54. The van der Waals surface area contributed by atoms with E-state index >= 15 is 0 Å². The van der Waals surface area contributed by atoms with Gasteiger partial charge < -0.3 is 9.64 Å². The van der Waals surface area contributed by atoms with Crippen LogP contribution in [0, 0.1) is 5.92 Å². The Bertz CT molecular complexity index is 261. The molecule has 1 rings (SSSR count). The quantitative estimate of drug-likeness (QED) is 0.628. The van der Waals surface area contributed by atoms with E-state index < -0.39 is 0 Å². The number of likely N-dealkylation sites (N-methyl/N-ethyl adjacent to an activating group) is 1. The van der Waals surface area contributed by atoms with Gasteiger partial charge in [0.15, 0.2) is 0 Å². The van der Waals surface area contributed by atoms with Gasteiger partial charge in [-0.1, -0.05) is 13.8 Å². The lowest BCUT2D eigenvalue weighted by Crippen LogP contribution is -2.53. The summed E-state index contributed by atoms with van der Waals surface area (Å²) in [4.78, 5) is 17.6. The van der Waals surface area contributed by atoms with Crippen molar-refractivity contribution < 1.29 is 9.53 Å². The van der Waals surface area contributed by atoms with E-state index in [2.05, 4.69) is 18.8 Å². The number of carbonyl (C=O) groups is 1. The van der Waals surface area contributed by atoms with Gasteiger partial charge in [-0.2, -0.15) is 0 Å². The Morgan fingerprint density at radius 2 is 2.07 bits per heavy atom. The van der Waals surface area contributed by atoms with Gasteiger partial charge in [0.2, 0.25) is 11.8 Å². The van der Waals surface area contributed by atoms with Crippen LogP contribution in [0.4, 0.5) is 0 Å². The summed E-state index contributed by atoms with van der Waals surface area (Å²) in [5.41, 5.74) is 0. The molecule has 0 N–H and O–H groups in total. The first kappa shape index (κ1) is 11.0. The molecule has 0 aromatic heterocycles. The summed E-state index contributed by atoms with van der Waals surface area (Å²) in [7, 11) is 3.40. The van der Waals surface area contributed by atoms with Crippen LogP contribution in [0.15, 0.2) is 4.99 Å². The lowest BCUT2D eigenvalue weighted by Gasteiger charge is -2.36. The second-order valence-electron chi connectivity index (χ2n) is 3.99. The summed E-state index contributed by atoms with van der Waals surface area (Å²) in [6.07, 6.45) is 0. The van der Waals surface area contributed by atoms with E-state index in [1.165, 1.54) is 0 Å². The van der Waals surface area contributed by atoms with Gasteiger partial charge in [-0.3, -0.25) is 4.79 Å². The van der Waals surface area contributed by atoms with Gasteiger partial charge in [-0.25, -0.2) is 4.99 Å². The van der Waals surface area contributed by atoms with Gasteiger partial charge in [0.25, 0.3) is 0 Å². The van der Waals surface area contributed by atoms with Crippen LogP contribution in [-0.4, -0.2) is 42.9 Å². The van der Waals surface area contributed by atoms with Gasteiger partial charge in [0.05, 0.1) is 7.11 Å². The van der Waals surface area contributed by atoms with Crippen LogP contribution in [0.5, 0.6) is 0 Å². The molecular formula is C10H18N2O2. The van der Waals surface area contributed by atoms with Crippen molar-refractivity contribution >= 4 is 11.8 Å². The molecule has 4 nitrogen and oxygen atoms in total. The Hall–Kier alpha value is -1.06. The van der Waals surface area contributed by atoms with E-state index in [-0.39, 0.29) is 18.0 Å². The van der Waals surface area contributed by atoms with E-state index in [0.29, 0.717) is 11.8 Å². The first-order valence-electron chi connectivity index (χ1n) is 4.87. The van der Waals surface area contributed by atoms with Crippen molar-refractivity contribution in [2.75, 3.05) is 14.2 Å². The van der Waals surface area contributed by atoms with Crippen LogP contribution >= 0.6 is 0 Å². The highest BCUT2D eigenvalue weighted by Crippen LogP contribution is 2.18. The average Bonchev–Trinajstić information content (AvgIpc) is 2.12. The zero-order valence-electron chi connectivity index (χ0n) is 9.44. The van der Waals surface area contributed by atoms with Crippen LogP contribution in [0.3, 0.4) is 0 Å². The molecule has 0 unspecified atom stereocenters. The SMILES string of the molecule is COC1=N[C@@H](C)C(=O)N(C)[C@H]1C(C)C. The smallest absolute Gasteiger partial charge is 0.247 e. The Morgan fingerprint density at radius 3 is 2.50 bits per heavy atom. The van der Waals surface area contributed by atoms with E-state index in [0.717, 1.165) is 0 Å². The Balaban J connectivity index is 3.01. The molecule has 0 saturated carbocycles. The summed E-state index contributed by atoms with van der Waals surface area (Å²) in [6, 6.07) is -0.339. The molecule has 0 radical (unpaired) electrons.